The number of hydrogen-bond donors (Lipinski definition) is 1. The lowest BCUT2D eigenvalue weighted by molar-refractivity contribution is 0.598. The van der Waals surface area contributed by atoms with Crippen LogP contribution in [-0.2, 0) is 10.0 Å². The van der Waals surface area contributed by atoms with Crippen molar-refractivity contribution in [3.8, 4) is 22.4 Å². The Kier molecular flexibility index (Phi) is 3.59. The maximum absolute atomic E-state index is 11.9. The molecular formula is C15H12N2O2S2. The second-order valence-electron chi connectivity index (χ2n) is 4.46. The summed E-state index contributed by atoms with van der Waals surface area (Å²) < 4.78 is 23.8. The Morgan fingerprint density at radius 2 is 1.76 bits per heavy atom. The molecule has 0 bridgehead atoms. The molecule has 0 spiro atoms. The van der Waals surface area contributed by atoms with Crippen LogP contribution in [0, 0.1) is 0 Å². The molecule has 0 radical (unpaired) electrons. The Labute approximate surface area is 127 Å². The van der Waals surface area contributed by atoms with Crippen LogP contribution in [0.25, 0.3) is 22.4 Å². The Hall–Kier alpha value is -2.02. The predicted molar refractivity (Wildman–Crippen MR) is 84.4 cm³/mol. The van der Waals surface area contributed by atoms with Gasteiger partial charge in [0.2, 0.25) is 10.0 Å². The molecule has 3 rings (SSSR count). The molecule has 21 heavy (non-hydrogen) atoms. The minimum atomic E-state index is -3.82. The van der Waals surface area contributed by atoms with Gasteiger partial charge in [-0.2, -0.15) is 0 Å². The van der Waals surface area contributed by atoms with E-state index in [1.54, 1.807) is 11.6 Å². The zero-order valence-electron chi connectivity index (χ0n) is 10.9. The molecule has 0 aliphatic heterocycles. The number of rotatable bonds is 3. The maximum atomic E-state index is 11.9. The van der Waals surface area contributed by atoms with Crippen LogP contribution in [-0.4, -0.2) is 13.4 Å². The van der Waals surface area contributed by atoms with Crippen molar-refractivity contribution < 1.29 is 8.42 Å². The fourth-order valence-electron chi connectivity index (χ4n) is 2.23. The first-order chi connectivity index (χ1) is 10.1. The summed E-state index contributed by atoms with van der Waals surface area (Å²) in [5.74, 6) is 0. The van der Waals surface area contributed by atoms with Gasteiger partial charge in [0.1, 0.15) is 0 Å². The molecule has 0 unspecified atom stereocenters. The van der Waals surface area contributed by atoms with Crippen LogP contribution in [0.3, 0.4) is 0 Å². The van der Waals surface area contributed by atoms with Crippen LogP contribution in [0.5, 0.6) is 0 Å². The Morgan fingerprint density at radius 1 is 1.00 bits per heavy atom. The molecule has 0 fully saturated rings. The number of thiazole rings is 1. The quantitative estimate of drug-likeness (QED) is 0.807. The molecule has 0 aliphatic rings. The van der Waals surface area contributed by atoms with E-state index in [0.29, 0.717) is 5.56 Å². The first-order valence-electron chi connectivity index (χ1n) is 6.17. The van der Waals surface area contributed by atoms with Crippen LogP contribution >= 0.6 is 11.3 Å². The predicted octanol–water partition coefficient (Wildman–Crippen LogP) is 3.12. The molecule has 4 nitrogen and oxygen atoms in total. The molecule has 6 heteroatoms. The van der Waals surface area contributed by atoms with Crippen molar-refractivity contribution in [3.63, 3.8) is 0 Å². The average Bonchev–Trinajstić information content (AvgIpc) is 3.00. The van der Waals surface area contributed by atoms with Crippen molar-refractivity contribution in [1.29, 1.82) is 0 Å². The summed E-state index contributed by atoms with van der Waals surface area (Å²) in [5, 5.41) is 7.26. The minimum Gasteiger partial charge on any atom is -0.245 e. The lowest BCUT2D eigenvalue weighted by Crippen LogP contribution is -2.13. The number of primary sulfonamides is 1. The van der Waals surface area contributed by atoms with E-state index in [0.717, 1.165) is 16.8 Å². The van der Waals surface area contributed by atoms with Gasteiger partial charge >= 0.3 is 0 Å². The summed E-state index contributed by atoms with van der Waals surface area (Å²) in [6.07, 6.45) is 0. The van der Waals surface area contributed by atoms with E-state index in [9.17, 15) is 8.42 Å². The highest BCUT2D eigenvalue weighted by molar-refractivity contribution is 7.89. The van der Waals surface area contributed by atoms with Crippen LogP contribution in [0.15, 0.2) is 64.3 Å². The largest absolute Gasteiger partial charge is 0.245 e. The second-order valence-corrected chi connectivity index (χ2v) is 6.71. The molecule has 0 atom stereocenters. The molecule has 106 valence electrons. The molecule has 2 N–H and O–H groups in total. The third kappa shape index (κ3) is 2.73. The van der Waals surface area contributed by atoms with E-state index in [2.05, 4.69) is 4.98 Å². The molecule has 0 saturated heterocycles. The smallest absolute Gasteiger partial charge is 0.238 e. The van der Waals surface area contributed by atoms with Gasteiger partial charge in [-0.05, 0) is 11.6 Å². The molecule has 1 aromatic heterocycles. The van der Waals surface area contributed by atoms with Crippen LogP contribution in [0.1, 0.15) is 0 Å². The van der Waals surface area contributed by atoms with E-state index in [-0.39, 0.29) is 4.90 Å². The van der Waals surface area contributed by atoms with Crippen LogP contribution in [0.2, 0.25) is 0 Å². The van der Waals surface area contributed by atoms with Crippen LogP contribution in [0.4, 0.5) is 0 Å². The fraction of sp³-hybridized carbons (Fsp3) is 0. The first kappa shape index (κ1) is 13.9. The van der Waals surface area contributed by atoms with Crippen molar-refractivity contribution in [2.45, 2.75) is 4.90 Å². The summed E-state index contributed by atoms with van der Waals surface area (Å²) in [6.45, 7) is 0. The molecule has 3 aromatic rings. The van der Waals surface area contributed by atoms with E-state index in [1.165, 1.54) is 17.4 Å². The van der Waals surface area contributed by atoms with Crippen molar-refractivity contribution in [2.75, 3.05) is 0 Å². The third-order valence-electron chi connectivity index (χ3n) is 3.10. The van der Waals surface area contributed by atoms with Gasteiger partial charge in [-0.25, -0.2) is 18.5 Å². The number of aromatic nitrogens is 1. The summed E-state index contributed by atoms with van der Waals surface area (Å²) >= 11 is 1.46. The topological polar surface area (TPSA) is 73.1 Å². The Balaban J connectivity index is 2.38. The monoisotopic (exact) mass is 316 g/mol. The standard InChI is InChI=1S/C15H12N2O2S2/c16-21(18,19)14-8-4-7-12(13-9-20-10-17-13)15(14)11-5-2-1-3-6-11/h1-10H,(H2,16,18,19). The van der Waals surface area contributed by atoms with Crippen molar-refractivity contribution in [1.82, 2.24) is 4.98 Å². The fourth-order valence-corrected chi connectivity index (χ4v) is 3.56. The number of nitrogens with zero attached hydrogens (tertiary/aromatic N) is 1. The maximum Gasteiger partial charge on any atom is 0.238 e. The third-order valence-corrected chi connectivity index (χ3v) is 4.64. The molecule has 0 amide bonds. The van der Waals surface area contributed by atoms with Gasteiger partial charge in [-0.15, -0.1) is 11.3 Å². The minimum absolute atomic E-state index is 0.110. The molecular weight excluding hydrogens is 304 g/mol. The highest BCUT2D eigenvalue weighted by Gasteiger charge is 2.19. The highest BCUT2D eigenvalue weighted by Crippen LogP contribution is 2.36. The number of nitrogens with two attached hydrogens (primary N) is 1. The molecule has 2 aromatic carbocycles. The van der Waals surface area contributed by atoms with Gasteiger partial charge in [0.15, 0.2) is 0 Å². The number of sulfonamides is 1. The zero-order chi connectivity index (χ0) is 14.9. The lowest BCUT2D eigenvalue weighted by atomic mass is 9.98. The SMILES string of the molecule is NS(=O)(=O)c1cccc(-c2cscn2)c1-c1ccccc1. The van der Waals surface area contributed by atoms with E-state index in [4.69, 9.17) is 5.14 Å². The van der Waals surface area contributed by atoms with Gasteiger partial charge in [-0.3, -0.25) is 0 Å². The van der Waals surface area contributed by atoms with Gasteiger partial charge in [0.05, 0.1) is 16.1 Å². The van der Waals surface area contributed by atoms with Crippen molar-refractivity contribution in [3.05, 3.63) is 59.4 Å². The molecule has 0 saturated carbocycles. The Morgan fingerprint density at radius 3 is 2.38 bits per heavy atom. The summed E-state index contributed by atoms with van der Waals surface area (Å²) in [6, 6.07) is 14.4. The van der Waals surface area contributed by atoms with Gasteiger partial charge in [0.25, 0.3) is 0 Å². The number of hydrogen-bond acceptors (Lipinski definition) is 4. The van der Waals surface area contributed by atoms with Crippen molar-refractivity contribution in [2.24, 2.45) is 5.14 Å². The summed E-state index contributed by atoms with van der Waals surface area (Å²) in [7, 11) is -3.82. The zero-order valence-corrected chi connectivity index (χ0v) is 12.6. The Bertz CT molecular complexity index is 858. The van der Waals surface area contributed by atoms with E-state index >= 15 is 0 Å². The van der Waals surface area contributed by atoms with Gasteiger partial charge in [-0.1, -0.05) is 42.5 Å². The first-order valence-corrected chi connectivity index (χ1v) is 8.66. The van der Waals surface area contributed by atoms with Crippen LogP contribution < -0.4 is 5.14 Å². The van der Waals surface area contributed by atoms with E-state index < -0.39 is 10.0 Å². The van der Waals surface area contributed by atoms with Gasteiger partial charge in [0, 0.05) is 16.5 Å². The molecule has 0 aliphatic carbocycles. The van der Waals surface area contributed by atoms with Gasteiger partial charge < -0.3 is 0 Å². The average molecular weight is 316 g/mol. The highest BCUT2D eigenvalue weighted by atomic mass is 32.2. The normalized spacial score (nSPS) is 11.5. The van der Waals surface area contributed by atoms with E-state index in [1.807, 2.05) is 41.8 Å². The van der Waals surface area contributed by atoms with Crippen molar-refractivity contribution >= 4 is 21.4 Å². The lowest BCUT2D eigenvalue weighted by Gasteiger charge is -2.12. The summed E-state index contributed by atoms with van der Waals surface area (Å²) in [5.41, 5.74) is 4.60. The summed E-state index contributed by atoms with van der Waals surface area (Å²) in [4.78, 5) is 4.39. The molecule has 1 heterocycles. The number of benzene rings is 2. The second kappa shape index (κ2) is 5.40.